The van der Waals surface area contributed by atoms with Crippen LogP contribution in [-0.2, 0) is 13.0 Å². The molecule has 0 amide bonds. The molecular weight excluding hydrogens is 385 g/mol. The topological polar surface area (TPSA) is 20.9 Å². The molecule has 0 fully saturated rings. The molecule has 3 rings (SSSR count). The Balaban J connectivity index is 1.63. The minimum absolute atomic E-state index is 0.111. The molecule has 2 aromatic carbocycles. The number of aromatic nitrogens is 1. The van der Waals surface area contributed by atoms with Crippen molar-refractivity contribution in [2.45, 2.75) is 17.9 Å². The van der Waals surface area contributed by atoms with Crippen LogP contribution in [0.4, 0.5) is 0 Å². The van der Waals surface area contributed by atoms with Crippen molar-refractivity contribution in [3.8, 4) is 0 Å². The zero-order valence-electron chi connectivity index (χ0n) is 14.1. The summed E-state index contributed by atoms with van der Waals surface area (Å²) in [5, 5.41) is 1.14. The largest absolute Gasteiger partial charge is 0.287 e. The minimum Gasteiger partial charge on any atom is -0.287 e. The van der Waals surface area contributed by atoms with E-state index < -0.39 is 0 Å². The molecule has 132 valence electrons. The average Bonchev–Trinajstić information content (AvgIpc) is 2.66. The SMILES string of the molecule is O=C(C[n+]1ccccc1CCSc1ccc(Cl)c(Cl)c1)c1ccccc1. The highest BCUT2D eigenvalue weighted by molar-refractivity contribution is 7.99. The Morgan fingerprint density at radius 1 is 0.923 bits per heavy atom. The van der Waals surface area contributed by atoms with Gasteiger partial charge in [-0.2, -0.15) is 4.57 Å². The molecule has 0 unspecified atom stereocenters. The van der Waals surface area contributed by atoms with Gasteiger partial charge < -0.3 is 0 Å². The molecule has 0 aliphatic carbocycles. The van der Waals surface area contributed by atoms with Crippen molar-refractivity contribution in [2.75, 3.05) is 5.75 Å². The number of carbonyl (C=O) groups is 1. The monoisotopic (exact) mass is 402 g/mol. The molecule has 26 heavy (non-hydrogen) atoms. The normalized spacial score (nSPS) is 10.7. The van der Waals surface area contributed by atoms with Gasteiger partial charge >= 0.3 is 0 Å². The molecule has 0 saturated carbocycles. The van der Waals surface area contributed by atoms with Crippen LogP contribution in [0.15, 0.2) is 77.8 Å². The number of ketones is 1. The van der Waals surface area contributed by atoms with E-state index in [4.69, 9.17) is 23.2 Å². The van der Waals surface area contributed by atoms with E-state index in [0.29, 0.717) is 16.6 Å². The maximum Gasteiger partial charge on any atom is 0.227 e. The van der Waals surface area contributed by atoms with E-state index in [9.17, 15) is 4.79 Å². The van der Waals surface area contributed by atoms with Gasteiger partial charge in [0.25, 0.3) is 0 Å². The minimum atomic E-state index is 0.111. The van der Waals surface area contributed by atoms with Gasteiger partial charge in [-0.25, -0.2) is 0 Å². The van der Waals surface area contributed by atoms with Gasteiger partial charge in [-0.3, -0.25) is 4.79 Å². The molecule has 0 aliphatic rings. The second-order valence-electron chi connectivity index (χ2n) is 5.78. The van der Waals surface area contributed by atoms with E-state index in [-0.39, 0.29) is 5.78 Å². The summed E-state index contributed by atoms with van der Waals surface area (Å²) in [5.41, 5.74) is 1.87. The molecule has 0 spiro atoms. The second-order valence-corrected chi connectivity index (χ2v) is 7.77. The molecule has 0 atom stereocenters. The summed E-state index contributed by atoms with van der Waals surface area (Å²) in [4.78, 5) is 13.6. The van der Waals surface area contributed by atoms with E-state index >= 15 is 0 Å². The number of halogens is 2. The molecule has 0 radical (unpaired) electrons. The number of Topliss-reactive ketones (excluding diaryl/α,β-unsaturated/α-hetero) is 1. The average molecular weight is 403 g/mol. The van der Waals surface area contributed by atoms with Crippen LogP contribution in [0.5, 0.6) is 0 Å². The molecule has 1 aromatic heterocycles. The van der Waals surface area contributed by atoms with Crippen LogP contribution in [0.1, 0.15) is 16.1 Å². The highest BCUT2D eigenvalue weighted by atomic mass is 35.5. The predicted octanol–water partition coefficient (Wildman–Crippen LogP) is 5.50. The Kier molecular flexibility index (Phi) is 6.73. The maximum atomic E-state index is 12.5. The van der Waals surface area contributed by atoms with Crippen molar-refractivity contribution in [2.24, 2.45) is 0 Å². The lowest BCUT2D eigenvalue weighted by atomic mass is 10.1. The zero-order chi connectivity index (χ0) is 18.4. The van der Waals surface area contributed by atoms with Crippen LogP contribution in [0, 0.1) is 0 Å². The van der Waals surface area contributed by atoms with Crippen molar-refractivity contribution in [3.05, 3.63) is 94.2 Å². The second kappa shape index (κ2) is 9.22. The van der Waals surface area contributed by atoms with Gasteiger partial charge in [-0.1, -0.05) is 59.6 Å². The molecule has 0 saturated heterocycles. The first-order valence-corrected chi connectivity index (χ1v) is 10.0. The number of carbonyl (C=O) groups excluding carboxylic acids is 1. The quantitative estimate of drug-likeness (QED) is 0.295. The molecule has 3 aromatic rings. The lowest BCUT2D eigenvalue weighted by Gasteiger charge is -2.05. The first-order chi connectivity index (χ1) is 12.6. The van der Waals surface area contributed by atoms with Crippen molar-refractivity contribution in [1.29, 1.82) is 0 Å². The number of aryl methyl sites for hydroxylation is 1. The van der Waals surface area contributed by atoms with Crippen molar-refractivity contribution in [3.63, 3.8) is 0 Å². The number of rotatable bonds is 7. The Hall–Kier alpha value is -1.81. The molecule has 0 N–H and O–H groups in total. The fourth-order valence-corrected chi connectivity index (χ4v) is 3.88. The molecule has 5 heteroatoms. The number of nitrogens with zero attached hydrogens (tertiary/aromatic N) is 1. The van der Waals surface area contributed by atoms with Crippen molar-refractivity contribution >= 4 is 40.7 Å². The van der Waals surface area contributed by atoms with Gasteiger partial charge in [-0.05, 0) is 18.2 Å². The van der Waals surface area contributed by atoms with E-state index in [1.807, 2.05) is 71.4 Å². The smallest absolute Gasteiger partial charge is 0.227 e. The number of hydrogen-bond acceptors (Lipinski definition) is 2. The Morgan fingerprint density at radius 3 is 2.46 bits per heavy atom. The Labute approximate surface area is 167 Å². The summed E-state index contributed by atoms with van der Waals surface area (Å²) in [5.74, 6) is 1.00. The Morgan fingerprint density at radius 2 is 1.69 bits per heavy atom. The predicted molar refractivity (Wildman–Crippen MR) is 108 cm³/mol. The standard InChI is InChI=1S/C21H18Cl2NOS/c22-19-10-9-18(14-20(19)23)26-13-11-17-8-4-5-12-24(17)15-21(25)16-6-2-1-3-7-16/h1-10,12,14H,11,13,15H2/q+1. The van der Waals surface area contributed by atoms with Gasteiger partial charge in [-0.15, -0.1) is 11.8 Å². The van der Waals surface area contributed by atoms with E-state index in [0.717, 1.165) is 28.3 Å². The Bertz CT molecular complexity index is 900. The molecular formula is C21H18Cl2NOS+. The van der Waals surface area contributed by atoms with Gasteiger partial charge in [0.05, 0.1) is 10.0 Å². The number of pyridine rings is 1. The first kappa shape index (κ1) is 19.0. The maximum absolute atomic E-state index is 12.5. The van der Waals surface area contributed by atoms with Gasteiger partial charge in [0.15, 0.2) is 11.9 Å². The first-order valence-electron chi connectivity index (χ1n) is 8.27. The van der Waals surface area contributed by atoms with Gasteiger partial charge in [0.1, 0.15) is 0 Å². The van der Waals surface area contributed by atoms with E-state index in [1.54, 1.807) is 11.8 Å². The number of thioether (sulfide) groups is 1. The van der Waals surface area contributed by atoms with Crippen LogP contribution in [0.2, 0.25) is 10.0 Å². The summed E-state index contributed by atoms with van der Waals surface area (Å²) in [6.07, 6.45) is 2.81. The summed E-state index contributed by atoms with van der Waals surface area (Å²) < 4.78 is 2.02. The third-order valence-corrected chi connectivity index (χ3v) is 5.70. The lowest BCUT2D eigenvalue weighted by molar-refractivity contribution is -0.690. The fourth-order valence-electron chi connectivity index (χ4n) is 2.60. The summed E-state index contributed by atoms with van der Waals surface area (Å²) >= 11 is 13.7. The van der Waals surface area contributed by atoms with Crippen molar-refractivity contribution in [1.82, 2.24) is 0 Å². The summed E-state index contributed by atoms with van der Waals surface area (Å²) in [6, 6.07) is 21.1. The number of hydrogen-bond donors (Lipinski definition) is 0. The highest BCUT2D eigenvalue weighted by Crippen LogP contribution is 2.28. The fraction of sp³-hybridized carbons (Fsp3) is 0.143. The third kappa shape index (κ3) is 5.10. The van der Waals surface area contributed by atoms with E-state index in [2.05, 4.69) is 6.07 Å². The molecule has 2 nitrogen and oxygen atoms in total. The van der Waals surface area contributed by atoms with Gasteiger partial charge in [0, 0.05) is 34.8 Å². The molecule has 0 aliphatic heterocycles. The van der Waals surface area contributed by atoms with E-state index in [1.165, 1.54) is 0 Å². The zero-order valence-corrected chi connectivity index (χ0v) is 16.4. The highest BCUT2D eigenvalue weighted by Gasteiger charge is 2.16. The van der Waals surface area contributed by atoms with Crippen LogP contribution < -0.4 is 4.57 Å². The summed E-state index contributed by atoms with van der Waals surface area (Å²) in [6.45, 7) is 0.345. The van der Waals surface area contributed by atoms with Crippen molar-refractivity contribution < 1.29 is 9.36 Å². The van der Waals surface area contributed by atoms with Crippen LogP contribution in [0.3, 0.4) is 0 Å². The third-order valence-electron chi connectivity index (χ3n) is 3.96. The van der Waals surface area contributed by atoms with Gasteiger partial charge in [0.2, 0.25) is 12.3 Å². The van der Waals surface area contributed by atoms with Crippen LogP contribution >= 0.6 is 35.0 Å². The molecule has 0 bridgehead atoms. The summed E-state index contributed by atoms with van der Waals surface area (Å²) in [7, 11) is 0. The lowest BCUT2D eigenvalue weighted by Crippen LogP contribution is -2.41. The number of benzene rings is 2. The van der Waals surface area contributed by atoms with Crippen LogP contribution in [0.25, 0.3) is 0 Å². The molecule has 1 heterocycles. The van der Waals surface area contributed by atoms with Crippen LogP contribution in [-0.4, -0.2) is 11.5 Å².